The average molecular weight is 224 g/mol. The molecule has 0 aromatic rings. The van der Waals surface area contributed by atoms with Gasteiger partial charge in [0.25, 0.3) is 0 Å². The summed E-state index contributed by atoms with van der Waals surface area (Å²) in [5.41, 5.74) is 0. The minimum atomic E-state index is 0.0234. The number of amides is 1. The van der Waals surface area contributed by atoms with Crippen molar-refractivity contribution in [2.24, 2.45) is 0 Å². The summed E-state index contributed by atoms with van der Waals surface area (Å²) < 4.78 is 0. The van der Waals surface area contributed by atoms with E-state index in [0.29, 0.717) is 19.0 Å². The number of carbonyl (C=O) groups excluding carboxylic acids is 2. The van der Waals surface area contributed by atoms with E-state index in [-0.39, 0.29) is 18.1 Å². The molecule has 0 aliphatic carbocycles. The Hall–Kier alpha value is -0.900. The molecule has 4 heteroatoms. The molecule has 4 nitrogen and oxygen atoms in total. The number of carbonyl (C=O) groups is 2. The third-order valence-electron chi connectivity index (χ3n) is 3.71. The minimum absolute atomic E-state index is 0.0234. The molecule has 0 radical (unpaired) electrons. The predicted octanol–water partition coefficient (Wildman–Crippen LogP) is 0.662. The van der Waals surface area contributed by atoms with Gasteiger partial charge in [0.05, 0.1) is 6.42 Å². The molecule has 0 bridgehead atoms. The van der Waals surface area contributed by atoms with Crippen LogP contribution in [0.4, 0.5) is 0 Å². The lowest BCUT2D eigenvalue weighted by atomic mass is 10.0. The van der Waals surface area contributed by atoms with E-state index in [1.165, 1.54) is 19.3 Å². The van der Waals surface area contributed by atoms with Crippen molar-refractivity contribution in [1.29, 1.82) is 0 Å². The first kappa shape index (κ1) is 11.6. The number of hydrogen-bond donors (Lipinski definition) is 0. The van der Waals surface area contributed by atoms with Gasteiger partial charge in [-0.3, -0.25) is 9.59 Å². The zero-order chi connectivity index (χ0) is 11.5. The maximum atomic E-state index is 11.7. The van der Waals surface area contributed by atoms with Crippen molar-refractivity contribution in [2.75, 3.05) is 26.7 Å². The molecule has 2 aliphatic rings. The molecule has 1 unspecified atom stereocenters. The Morgan fingerprint density at radius 2 is 2.06 bits per heavy atom. The van der Waals surface area contributed by atoms with Gasteiger partial charge in [0.1, 0.15) is 5.78 Å². The molecule has 2 rings (SSSR count). The van der Waals surface area contributed by atoms with E-state index in [2.05, 4.69) is 11.9 Å². The topological polar surface area (TPSA) is 40.6 Å². The Labute approximate surface area is 96.6 Å². The molecule has 2 fully saturated rings. The van der Waals surface area contributed by atoms with Crippen LogP contribution in [-0.2, 0) is 9.59 Å². The molecule has 0 N–H and O–H groups in total. The molecule has 2 aliphatic heterocycles. The second-order valence-electron chi connectivity index (χ2n) is 4.94. The molecule has 1 atom stereocenters. The van der Waals surface area contributed by atoms with Crippen LogP contribution in [0.5, 0.6) is 0 Å². The fraction of sp³-hybridized carbons (Fsp3) is 0.833. The van der Waals surface area contributed by atoms with E-state index in [0.717, 1.165) is 13.1 Å². The van der Waals surface area contributed by atoms with E-state index >= 15 is 0 Å². The van der Waals surface area contributed by atoms with Crippen LogP contribution < -0.4 is 0 Å². The zero-order valence-electron chi connectivity index (χ0n) is 9.95. The van der Waals surface area contributed by atoms with Crippen LogP contribution in [-0.4, -0.2) is 54.2 Å². The largest absolute Gasteiger partial charge is 0.340 e. The van der Waals surface area contributed by atoms with Gasteiger partial charge in [0, 0.05) is 25.6 Å². The van der Waals surface area contributed by atoms with E-state index in [1.807, 2.05) is 4.90 Å². The minimum Gasteiger partial charge on any atom is -0.340 e. The van der Waals surface area contributed by atoms with Crippen LogP contribution in [0, 0.1) is 0 Å². The molecule has 0 aromatic carbocycles. The van der Waals surface area contributed by atoms with Gasteiger partial charge in [-0.05, 0) is 26.4 Å². The summed E-state index contributed by atoms with van der Waals surface area (Å²) in [6.45, 7) is 2.57. The number of nitrogens with zero attached hydrogens (tertiary/aromatic N) is 2. The maximum absolute atomic E-state index is 11.7. The second-order valence-corrected chi connectivity index (χ2v) is 4.94. The summed E-state index contributed by atoms with van der Waals surface area (Å²) in [6, 6.07) is 0.492. The summed E-state index contributed by atoms with van der Waals surface area (Å²) in [5.74, 6) is 0.119. The Kier molecular flexibility index (Phi) is 3.59. The van der Waals surface area contributed by atoms with Gasteiger partial charge >= 0.3 is 0 Å². The van der Waals surface area contributed by atoms with Gasteiger partial charge < -0.3 is 9.80 Å². The first-order valence-electron chi connectivity index (χ1n) is 6.16. The highest BCUT2D eigenvalue weighted by atomic mass is 16.2. The van der Waals surface area contributed by atoms with Gasteiger partial charge in [-0.15, -0.1) is 0 Å². The first-order valence-corrected chi connectivity index (χ1v) is 6.16. The lowest BCUT2D eigenvalue weighted by Crippen LogP contribution is -2.49. The summed E-state index contributed by atoms with van der Waals surface area (Å²) in [6.07, 6.45) is 4.36. The van der Waals surface area contributed by atoms with Crippen molar-refractivity contribution in [3.63, 3.8) is 0 Å². The molecule has 90 valence electrons. The smallest absolute Gasteiger partial charge is 0.230 e. The maximum Gasteiger partial charge on any atom is 0.230 e. The van der Waals surface area contributed by atoms with Crippen molar-refractivity contribution in [1.82, 2.24) is 9.80 Å². The Balaban J connectivity index is 1.88. The SMILES string of the molecule is CN1CCCCC1CN1CCC(=O)CC1=O. The normalized spacial score (nSPS) is 28.6. The molecule has 0 saturated carbocycles. The van der Waals surface area contributed by atoms with Gasteiger partial charge in [0.15, 0.2) is 0 Å². The van der Waals surface area contributed by atoms with Crippen molar-refractivity contribution >= 4 is 11.7 Å². The van der Waals surface area contributed by atoms with E-state index in [9.17, 15) is 9.59 Å². The lowest BCUT2D eigenvalue weighted by Gasteiger charge is -2.37. The Bertz CT molecular complexity index is 291. The number of piperidine rings is 2. The highest BCUT2D eigenvalue weighted by Crippen LogP contribution is 2.18. The van der Waals surface area contributed by atoms with Crippen LogP contribution in [0.2, 0.25) is 0 Å². The number of rotatable bonds is 2. The third-order valence-corrected chi connectivity index (χ3v) is 3.71. The third kappa shape index (κ3) is 2.61. The van der Waals surface area contributed by atoms with Gasteiger partial charge in [0.2, 0.25) is 5.91 Å². The fourth-order valence-corrected chi connectivity index (χ4v) is 2.58. The van der Waals surface area contributed by atoms with Crippen LogP contribution >= 0.6 is 0 Å². The summed E-state index contributed by atoms with van der Waals surface area (Å²) in [5, 5.41) is 0. The molecular weight excluding hydrogens is 204 g/mol. The van der Waals surface area contributed by atoms with Crippen molar-refractivity contribution in [3.8, 4) is 0 Å². The van der Waals surface area contributed by atoms with Crippen LogP contribution in [0.25, 0.3) is 0 Å². The molecule has 0 spiro atoms. The summed E-state index contributed by atoms with van der Waals surface area (Å²) >= 11 is 0. The molecule has 1 amide bonds. The quantitative estimate of drug-likeness (QED) is 0.647. The van der Waals surface area contributed by atoms with Crippen LogP contribution in [0.3, 0.4) is 0 Å². The van der Waals surface area contributed by atoms with Gasteiger partial charge in [-0.25, -0.2) is 0 Å². The second kappa shape index (κ2) is 4.95. The van der Waals surface area contributed by atoms with Crippen LogP contribution in [0.15, 0.2) is 0 Å². The summed E-state index contributed by atoms with van der Waals surface area (Å²) in [4.78, 5) is 27.0. The number of hydrogen-bond acceptors (Lipinski definition) is 3. The monoisotopic (exact) mass is 224 g/mol. The number of likely N-dealkylation sites (N-methyl/N-ethyl adjacent to an activating group) is 1. The standard InChI is InChI=1S/C12H20N2O2/c1-13-6-3-2-4-10(13)9-14-7-5-11(15)8-12(14)16/h10H,2-9H2,1H3. The summed E-state index contributed by atoms with van der Waals surface area (Å²) in [7, 11) is 2.13. The highest BCUT2D eigenvalue weighted by molar-refractivity contribution is 6.00. The molecule has 16 heavy (non-hydrogen) atoms. The first-order chi connectivity index (χ1) is 7.66. The van der Waals surface area contributed by atoms with Crippen molar-refractivity contribution in [3.05, 3.63) is 0 Å². The van der Waals surface area contributed by atoms with Gasteiger partial charge in [-0.1, -0.05) is 6.42 Å². The fourth-order valence-electron chi connectivity index (χ4n) is 2.58. The van der Waals surface area contributed by atoms with E-state index in [4.69, 9.17) is 0 Å². The van der Waals surface area contributed by atoms with E-state index in [1.54, 1.807) is 0 Å². The number of likely N-dealkylation sites (tertiary alicyclic amines) is 2. The molecule has 2 heterocycles. The highest BCUT2D eigenvalue weighted by Gasteiger charge is 2.28. The van der Waals surface area contributed by atoms with Gasteiger partial charge in [-0.2, -0.15) is 0 Å². The van der Waals surface area contributed by atoms with Crippen LogP contribution in [0.1, 0.15) is 32.1 Å². The number of ketones is 1. The Morgan fingerprint density at radius 3 is 2.75 bits per heavy atom. The van der Waals surface area contributed by atoms with Crippen molar-refractivity contribution < 1.29 is 9.59 Å². The lowest BCUT2D eigenvalue weighted by molar-refractivity contribution is -0.140. The zero-order valence-corrected chi connectivity index (χ0v) is 9.95. The van der Waals surface area contributed by atoms with E-state index < -0.39 is 0 Å². The van der Waals surface area contributed by atoms with Crippen molar-refractivity contribution in [2.45, 2.75) is 38.1 Å². The molecular formula is C12H20N2O2. The predicted molar refractivity (Wildman–Crippen MR) is 61.1 cm³/mol. The molecule has 2 saturated heterocycles. The Morgan fingerprint density at radius 1 is 1.25 bits per heavy atom. The average Bonchev–Trinajstić information content (AvgIpc) is 2.25. The molecule has 0 aromatic heterocycles. The number of Topliss-reactive ketones (excluding diaryl/α,β-unsaturated/α-hetero) is 1.